The van der Waals surface area contributed by atoms with Gasteiger partial charge in [0.25, 0.3) is 0 Å². The van der Waals surface area contributed by atoms with Crippen LogP contribution in [0.2, 0.25) is 0 Å². The standard InChI is InChI=1S/C15H11N/c16-15-7-3-6-13-10-12-5-2-1-4-11(12)8-9-14(13)15/h1-10,16H. The molecular formula is C15H11N. The van der Waals surface area contributed by atoms with Crippen LogP contribution in [0.1, 0.15) is 0 Å². The second kappa shape index (κ2) is 3.46. The van der Waals surface area contributed by atoms with Gasteiger partial charge in [0.1, 0.15) is 0 Å². The minimum Gasteiger partial charge on any atom is -0.300 e. The van der Waals surface area contributed by atoms with E-state index in [2.05, 4.69) is 30.3 Å². The van der Waals surface area contributed by atoms with Crippen LogP contribution in [-0.2, 0) is 0 Å². The van der Waals surface area contributed by atoms with Crippen molar-refractivity contribution in [3.8, 4) is 11.1 Å². The highest BCUT2D eigenvalue weighted by molar-refractivity contribution is 5.86. The first-order valence-electron chi connectivity index (χ1n) is 5.31. The van der Waals surface area contributed by atoms with Crippen LogP contribution in [0.25, 0.3) is 21.9 Å². The maximum absolute atomic E-state index is 7.88. The molecule has 0 aromatic heterocycles. The summed E-state index contributed by atoms with van der Waals surface area (Å²) in [5.41, 5.74) is 2.12. The van der Waals surface area contributed by atoms with Gasteiger partial charge in [0.05, 0.1) is 5.36 Å². The van der Waals surface area contributed by atoms with Gasteiger partial charge >= 0.3 is 0 Å². The summed E-state index contributed by atoms with van der Waals surface area (Å²) in [6.07, 6.45) is 0. The lowest BCUT2D eigenvalue weighted by molar-refractivity contribution is 1.28. The highest BCUT2D eigenvalue weighted by Gasteiger charge is 2.01. The lowest BCUT2D eigenvalue weighted by Gasteiger charge is -1.98. The van der Waals surface area contributed by atoms with Crippen LogP contribution < -0.4 is 5.36 Å². The molecule has 0 saturated heterocycles. The van der Waals surface area contributed by atoms with E-state index in [1.54, 1.807) is 0 Å². The van der Waals surface area contributed by atoms with Gasteiger partial charge in [-0.2, -0.15) is 0 Å². The molecule has 0 aliphatic heterocycles. The molecule has 0 radical (unpaired) electrons. The fourth-order valence-electron chi connectivity index (χ4n) is 2.03. The molecule has 0 spiro atoms. The third-order valence-electron chi connectivity index (χ3n) is 2.88. The predicted octanol–water partition coefficient (Wildman–Crippen LogP) is 3.42. The molecule has 16 heavy (non-hydrogen) atoms. The van der Waals surface area contributed by atoms with Crippen molar-refractivity contribution in [1.29, 1.82) is 5.41 Å². The lowest BCUT2D eigenvalue weighted by atomic mass is 10.1. The van der Waals surface area contributed by atoms with Gasteiger partial charge in [-0.1, -0.05) is 48.5 Å². The molecule has 0 unspecified atom stereocenters. The molecule has 0 fully saturated rings. The Hall–Kier alpha value is -2.15. The Morgan fingerprint density at radius 1 is 0.688 bits per heavy atom. The number of rotatable bonds is 0. The first kappa shape index (κ1) is 9.10. The fourth-order valence-corrected chi connectivity index (χ4v) is 2.03. The van der Waals surface area contributed by atoms with Gasteiger partial charge in [-0.15, -0.1) is 0 Å². The normalized spacial score (nSPS) is 10.8. The summed E-state index contributed by atoms with van der Waals surface area (Å²) >= 11 is 0. The zero-order valence-corrected chi connectivity index (χ0v) is 8.77. The van der Waals surface area contributed by atoms with Crippen LogP contribution >= 0.6 is 0 Å². The maximum atomic E-state index is 7.88. The second-order valence-corrected chi connectivity index (χ2v) is 3.92. The Balaban J connectivity index is 2.52. The molecule has 0 saturated carbocycles. The molecule has 3 rings (SSSR count). The van der Waals surface area contributed by atoms with Crippen molar-refractivity contribution in [2.45, 2.75) is 0 Å². The van der Waals surface area contributed by atoms with Crippen LogP contribution in [0.3, 0.4) is 0 Å². The number of nitrogens with one attached hydrogen (secondary N) is 1. The van der Waals surface area contributed by atoms with E-state index >= 15 is 0 Å². The van der Waals surface area contributed by atoms with Crippen molar-refractivity contribution in [1.82, 2.24) is 0 Å². The van der Waals surface area contributed by atoms with Crippen molar-refractivity contribution < 1.29 is 0 Å². The van der Waals surface area contributed by atoms with E-state index in [-0.39, 0.29) is 0 Å². The van der Waals surface area contributed by atoms with Crippen molar-refractivity contribution in [2.24, 2.45) is 0 Å². The molecule has 1 N–H and O–H groups in total. The van der Waals surface area contributed by atoms with Crippen molar-refractivity contribution in [3.63, 3.8) is 0 Å². The van der Waals surface area contributed by atoms with Crippen molar-refractivity contribution in [3.05, 3.63) is 66.0 Å². The summed E-state index contributed by atoms with van der Waals surface area (Å²) in [6, 6.07) is 20.3. The molecule has 1 heteroatoms. The second-order valence-electron chi connectivity index (χ2n) is 3.92. The SMILES string of the molecule is N=c1cccc2cc3ccccc3ccc1-2. The van der Waals surface area contributed by atoms with E-state index in [0.717, 1.165) is 11.1 Å². The van der Waals surface area contributed by atoms with Gasteiger partial charge in [0.2, 0.25) is 0 Å². The number of hydrogen-bond acceptors (Lipinski definition) is 1. The third-order valence-corrected chi connectivity index (χ3v) is 2.88. The molecule has 2 aliphatic rings. The summed E-state index contributed by atoms with van der Waals surface area (Å²) in [4.78, 5) is 0. The van der Waals surface area contributed by atoms with Gasteiger partial charge in [-0.25, -0.2) is 0 Å². The molecule has 76 valence electrons. The highest BCUT2D eigenvalue weighted by atomic mass is 14.3. The zero-order chi connectivity index (χ0) is 11.0. The highest BCUT2D eigenvalue weighted by Crippen LogP contribution is 2.21. The summed E-state index contributed by atoms with van der Waals surface area (Å²) in [7, 11) is 0. The monoisotopic (exact) mass is 205 g/mol. The summed E-state index contributed by atoms with van der Waals surface area (Å²) in [6.45, 7) is 0. The molecule has 0 amide bonds. The van der Waals surface area contributed by atoms with E-state index in [1.165, 1.54) is 10.8 Å². The average molecular weight is 205 g/mol. The van der Waals surface area contributed by atoms with Gasteiger partial charge in [-0.3, -0.25) is 0 Å². The van der Waals surface area contributed by atoms with Crippen LogP contribution in [0.5, 0.6) is 0 Å². The van der Waals surface area contributed by atoms with Crippen LogP contribution in [0.15, 0.2) is 60.7 Å². The molecule has 1 aromatic carbocycles. The topological polar surface area (TPSA) is 23.9 Å². The maximum Gasteiger partial charge on any atom is 0.0618 e. The van der Waals surface area contributed by atoms with Crippen LogP contribution in [-0.4, -0.2) is 0 Å². The number of fused-ring (bicyclic) bond motifs is 2. The number of hydrogen-bond donors (Lipinski definition) is 1. The third kappa shape index (κ3) is 1.38. The van der Waals surface area contributed by atoms with Gasteiger partial charge in [0.15, 0.2) is 0 Å². The molecule has 1 nitrogen and oxygen atoms in total. The van der Waals surface area contributed by atoms with Gasteiger partial charge in [-0.05, 0) is 28.5 Å². The van der Waals surface area contributed by atoms with E-state index in [1.807, 2.05) is 30.3 Å². The zero-order valence-electron chi connectivity index (χ0n) is 8.77. The summed E-state index contributed by atoms with van der Waals surface area (Å²) < 4.78 is 0. The summed E-state index contributed by atoms with van der Waals surface area (Å²) in [5, 5.41) is 10.9. The fraction of sp³-hybridized carbons (Fsp3) is 0. The van der Waals surface area contributed by atoms with E-state index < -0.39 is 0 Å². The number of benzene rings is 2. The molecular weight excluding hydrogens is 194 g/mol. The minimum atomic E-state index is 0.581. The lowest BCUT2D eigenvalue weighted by Crippen LogP contribution is -2.01. The molecule has 0 heterocycles. The molecule has 0 atom stereocenters. The van der Waals surface area contributed by atoms with Crippen LogP contribution in [0, 0.1) is 5.41 Å². The Morgan fingerprint density at radius 2 is 1.50 bits per heavy atom. The van der Waals surface area contributed by atoms with Crippen molar-refractivity contribution >= 4 is 10.8 Å². The van der Waals surface area contributed by atoms with Crippen molar-refractivity contribution in [2.75, 3.05) is 0 Å². The van der Waals surface area contributed by atoms with Gasteiger partial charge in [0, 0.05) is 5.56 Å². The summed E-state index contributed by atoms with van der Waals surface area (Å²) in [5.74, 6) is 0. The van der Waals surface area contributed by atoms with E-state index in [0.29, 0.717) is 5.36 Å². The van der Waals surface area contributed by atoms with E-state index in [9.17, 15) is 0 Å². The van der Waals surface area contributed by atoms with Crippen LogP contribution in [0.4, 0.5) is 0 Å². The molecule has 2 aliphatic carbocycles. The first-order chi connectivity index (χ1) is 7.84. The largest absolute Gasteiger partial charge is 0.300 e. The first-order valence-corrected chi connectivity index (χ1v) is 5.31. The average Bonchev–Trinajstić information content (AvgIpc) is 2.48. The molecule has 0 bridgehead atoms. The minimum absolute atomic E-state index is 0.581. The Morgan fingerprint density at radius 3 is 2.38 bits per heavy atom. The predicted molar refractivity (Wildman–Crippen MR) is 66.4 cm³/mol. The Kier molecular flexibility index (Phi) is 1.97. The Labute approximate surface area is 93.8 Å². The molecule has 1 aromatic rings. The quantitative estimate of drug-likeness (QED) is 0.581. The smallest absolute Gasteiger partial charge is 0.0618 e. The van der Waals surface area contributed by atoms with E-state index in [4.69, 9.17) is 5.41 Å². The van der Waals surface area contributed by atoms with Gasteiger partial charge < -0.3 is 5.41 Å². The Bertz CT molecular complexity index is 685.